The van der Waals surface area contributed by atoms with Crippen LogP contribution in [0.4, 0.5) is 5.69 Å². The van der Waals surface area contributed by atoms with Crippen LogP contribution in [0.15, 0.2) is 35.1 Å². The molecule has 2 fully saturated rings. The maximum atomic E-state index is 12.1. The van der Waals surface area contributed by atoms with E-state index in [1.807, 2.05) is 24.3 Å². The number of piperidine rings is 2. The molecule has 0 saturated carbocycles. The molecule has 2 heterocycles. The molecule has 3 rings (SSSR count). The first-order chi connectivity index (χ1) is 10.8. The molecule has 0 aliphatic carbocycles. The highest BCUT2D eigenvalue weighted by Crippen LogP contribution is 2.24. The average Bonchev–Trinajstić information content (AvgIpc) is 2.79. The Morgan fingerprint density at radius 2 is 1.64 bits per heavy atom. The summed E-state index contributed by atoms with van der Waals surface area (Å²) < 4.78 is 0. The van der Waals surface area contributed by atoms with Gasteiger partial charge in [-0.1, -0.05) is 24.6 Å². The van der Waals surface area contributed by atoms with Crippen LogP contribution in [0.3, 0.4) is 0 Å². The smallest absolute Gasteiger partial charge is 0.201 e. The van der Waals surface area contributed by atoms with E-state index in [1.165, 1.54) is 58.2 Å². The van der Waals surface area contributed by atoms with Gasteiger partial charge in [0, 0.05) is 13.1 Å². The summed E-state index contributed by atoms with van der Waals surface area (Å²) in [5, 5.41) is 0. The second-order valence-corrected chi connectivity index (χ2v) is 6.78. The molecule has 0 bridgehead atoms. The maximum absolute atomic E-state index is 12.1. The van der Waals surface area contributed by atoms with Crippen LogP contribution in [0.5, 0.6) is 0 Å². The molecule has 0 radical (unpaired) electrons. The number of anilines is 1. The normalized spacial score (nSPS) is 21.0. The minimum Gasteiger partial charge on any atom is -0.368 e. The maximum Gasteiger partial charge on any atom is 0.201 e. The van der Waals surface area contributed by atoms with E-state index in [0.29, 0.717) is 0 Å². The lowest BCUT2D eigenvalue weighted by molar-refractivity contribution is 0.205. The van der Waals surface area contributed by atoms with Gasteiger partial charge in [0.15, 0.2) is 0 Å². The third-order valence-electron chi connectivity index (χ3n) is 5.23. The highest BCUT2D eigenvalue weighted by molar-refractivity contribution is 5.45. The number of rotatable bonds is 4. The zero-order chi connectivity index (χ0) is 15.2. The van der Waals surface area contributed by atoms with Gasteiger partial charge in [0.2, 0.25) is 5.43 Å². The number of hydrogen-bond acceptors (Lipinski definition) is 3. The Kier molecular flexibility index (Phi) is 5.49. The molecule has 1 aromatic rings. The number of likely N-dealkylation sites (tertiary alicyclic amines) is 1. The highest BCUT2D eigenvalue weighted by atomic mass is 16.1. The predicted octanol–water partition coefficient (Wildman–Crippen LogP) is 3.14. The molecule has 3 nitrogen and oxygen atoms in total. The molecular formula is C19H28N2O. The molecule has 2 aliphatic heterocycles. The van der Waals surface area contributed by atoms with Crippen LogP contribution in [-0.2, 0) is 0 Å². The van der Waals surface area contributed by atoms with Gasteiger partial charge >= 0.3 is 0 Å². The minimum atomic E-state index is 0.150. The van der Waals surface area contributed by atoms with Crippen LogP contribution >= 0.6 is 0 Å². The summed E-state index contributed by atoms with van der Waals surface area (Å²) in [6.45, 7) is 5.95. The van der Waals surface area contributed by atoms with Crippen LogP contribution in [0, 0.1) is 5.92 Å². The van der Waals surface area contributed by atoms with E-state index in [9.17, 15) is 4.79 Å². The van der Waals surface area contributed by atoms with Gasteiger partial charge in [-0.05, 0) is 69.8 Å². The van der Waals surface area contributed by atoms with E-state index in [0.717, 1.165) is 24.7 Å². The van der Waals surface area contributed by atoms with Gasteiger partial charge in [0.1, 0.15) is 0 Å². The number of nitrogens with zero attached hydrogens (tertiary/aromatic N) is 2. The Balaban J connectivity index is 1.48. The zero-order valence-electron chi connectivity index (χ0n) is 13.5. The molecule has 0 N–H and O–H groups in total. The van der Waals surface area contributed by atoms with Crippen LogP contribution in [-0.4, -0.2) is 37.6 Å². The SMILES string of the molecule is O=c1cccccc1N1CCC(CCN2CCCCC2)CC1. The first kappa shape index (κ1) is 15.5. The van der Waals surface area contributed by atoms with E-state index in [-0.39, 0.29) is 5.43 Å². The van der Waals surface area contributed by atoms with Crippen molar-refractivity contribution in [3.05, 3.63) is 40.6 Å². The van der Waals surface area contributed by atoms with Crippen LogP contribution < -0.4 is 10.3 Å². The lowest BCUT2D eigenvalue weighted by Gasteiger charge is -2.34. The van der Waals surface area contributed by atoms with Crippen molar-refractivity contribution in [1.82, 2.24) is 4.90 Å². The van der Waals surface area contributed by atoms with Gasteiger partial charge in [0.05, 0.1) is 5.69 Å². The summed E-state index contributed by atoms with van der Waals surface area (Å²) >= 11 is 0. The summed E-state index contributed by atoms with van der Waals surface area (Å²) in [5.41, 5.74) is 1.02. The fourth-order valence-corrected chi connectivity index (χ4v) is 3.79. The monoisotopic (exact) mass is 300 g/mol. The zero-order valence-corrected chi connectivity index (χ0v) is 13.5. The van der Waals surface area contributed by atoms with Crippen molar-refractivity contribution < 1.29 is 0 Å². The van der Waals surface area contributed by atoms with E-state index in [2.05, 4.69) is 9.80 Å². The third-order valence-corrected chi connectivity index (χ3v) is 5.23. The Morgan fingerprint density at radius 3 is 2.41 bits per heavy atom. The molecular weight excluding hydrogens is 272 g/mol. The number of hydrogen-bond donors (Lipinski definition) is 0. The van der Waals surface area contributed by atoms with E-state index < -0.39 is 0 Å². The van der Waals surface area contributed by atoms with E-state index >= 15 is 0 Å². The molecule has 2 aliphatic rings. The molecule has 3 heteroatoms. The molecule has 0 aromatic heterocycles. The topological polar surface area (TPSA) is 23.6 Å². The quantitative estimate of drug-likeness (QED) is 0.853. The molecule has 22 heavy (non-hydrogen) atoms. The third kappa shape index (κ3) is 4.10. The highest BCUT2D eigenvalue weighted by Gasteiger charge is 2.21. The molecule has 120 valence electrons. The van der Waals surface area contributed by atoms with Crippen molar-refractivity contribution in [2.24, 2.45) is 5.92 Å². The fourth-order valence-electron chi connectivity index (χ4n) is 3.79. The van der Waals surface area contributed by atoms with E-state index in [4.69, 9.17) is 0 Å². The lowest BCUT2D eigenvalue weighted by Crippen LogP contribution is -2.37. The van der Waals surface area contributed by atoms with Gasteiger partial charge in [0.25, 0.3) is 0 Å². The largest absolute Gasteiger partial charge is 0.368 e. The van der Waals surface area contributed by atoms with Crippen molar-refractivity contribution in [2.75, 3.05) is 37.6 Å². The lowest BCUT2D eigenvalue weighted by atomic mass is 9.93. The van der Waals surface area contributed by atoms with Gasteiger partial charge in [-0.2, -0.15) is 0 Å². The van der Waals surface area contributed by atoms with Gasteiger partial charge < -0.3 is 9.80 Å². The van der Waals surface area contributed by atoms with Gasteiger partial charge in [-0.25, -0.2) is 0 Å². The second-order valence-electron chi connectivity index (χ2n) is 6.78. The van der Waals surface area contributed by atoms with Crippen molar-refractivity contribution in [3.63, 3.8) is 0 Å². The van der Waals surface area contributed by atoms with E-state index in [1.54, 1.807) is 6.07 Å². The van der Waals surface area contributed by atoms with Crippen molar-refractivity contribution in [2.45, 2.75) is 38.5 Å². The molecule has 0 atom stereocenters. The Hall–Kier alpha value is -1.35. The summed E-state index contributed by atoms with van der Waals surface area (Å²) in [6, 6.07) is 9.38. The van der Waals surface area contributed by atoms with Crippen molar-refractivity contribution in [3.8, 4) is 0 Å². The van der Waals surface area contributed by atoms with Crippen molar-refractivity contribution >= 4 is 5.69 Å². The Bertz CT molecular complexity index is 517. The standard InChI is InChI=1S/C19H28N2O/c22-19-8-4-1-3-7-18(19)21-15-10-17(11-16-21)9-14-20-12-5-2-6-13-20/h1,3-4,7-8,17H,2,5-6,9-16H2. The average molecular weight is 300 g/mol. The molecule has 0 spiro atoms. The van der Waals surface area contributed by atoms with Crippen LogP contribution in [0.25, 0.3) is 0 Å². The summed E-state index contributed by atoms with van der Waals surface area (Å²) in [5.74, 6) is 0.839. The minimum absolute atomic E-state index is 0.150. The fraction of sp³-hybridized carbons (Fsp3) is 0.632. The predicted molar refractivity (Wildman–Crippen MR) is 92.6 cm³/mol. The summed E-state index contributed by atoms with van der Waals surface area (Å²) in [7, 11) is 0. The molecule has 1 aromatic carbocycles. The van der Waals surface area contributed by atoms with Crippen LogP contribution in [0.2, 0.25) is 0 Å². The van der Waals surface area contributed by atoms with Crippen LogP contribution in [0.1, 0.15) is 38.5 Å². The second kappa shape index (κ2) is 7.77. The van der Waals surface area contributed by atoms with Gasteiger partial charge in [-0.15, -0.1) is 0 Å². The molecule has 0 amide bonds. The molecule has 0 unspecified atom stereocenters. The summed E-state index contributed by atoms with van der Waals surface area (Å²) in [6.07, 6.45) is 7.98. The first-order valence-electron chi connectivity index (χ1n) is 8.89. The Morgan fingerprint density at radius 1 is 0.909 bits per heavy atom. The molecule has 2 saturated heterocycles. The van der Waals surface area contributed by atoms with Crippen molar-refractivity contribution in [1.29, 1.82) is 0 Å². The van der Waals surface area contributed by atoms with Gasteiger partial charge in [-0.3, -0.25) is 4.79 Å². The first-order valence-corrected chi connectivity index (χ1v) is 8.89. The summed E-state index contributed by atoms with van der Waals surface area (Å²) in [4.78, 5) is 17.0. The Labute approximate surface area is 133 Å².